The van der Waals surface area contributed by atoms with Gasteiger partial charge in [-0.2, -0.15) is 4.72 Å². The molecule has 188 valence electrons. The minimum absolute atomic E-state index is 0.0315. The number of hydrogen-bond acceptors (Lipinski definition) is 10. The van der Waals surface area contributed by atoms with Crippen LogP contribution < -0.4 is 9.46 Å². The maximum Gasteiger partial charge on any atom is 0.266 e. The van der Waals surface area contributed by atoms with E-state index in [0.29, 0.717) is 40.8 Å². The van der Waals surface area contributed by atoms with Gasteiger partial charge in [0.1, 0.15) is 5.69 Å². The van der Waals surface area contributed by atoms with Crippen LogP contribution in [0.2, 0.25) is 5.02 Å². The summed E-state index contributed by atoms with van der Waals surface area (Å²) in [4.78, 5) is 12.9. The summed E-state index contributed by atoms with van der Waals surface area (Å²) in [5.74, 6) is 1.70. The van der Waals surface area contributed by atoms with E-state index in [1.54, 1.807) is 20.1 Å². The predicted molar refractivity (Wildman–Crippen MR) is 132 cm³/mol. The summed E-state index contributed by atoms with van der Waals surface area (Å²) in [6, 6.07) is 5.28. The molecule has 4 unspecified atom stereocenters. The van der Waals surface area contributed by atoms with Crippen molar-refractivity contribution in [3.63, 3.8) is 0 Å². The molecule has 1 N–H and O–H groups in total. The molecule has 4 rings (SSSR count). The van der Waals surface area contributed by atoms with E-state index in [-0.39, 0.29) is 12.1 Å². The first-order valence-corrected chi connectivity index (χ1v) is 12.8. The molecule has 1 aliphatic heterocycles. The van der Waals surface area contributed by atoms with Gasteiger partial charge in [-0.15, -0.1) is 10.2 Å². The van der Waals surface area contributed by atoms with Gasteiger partial charge in [0, 0.05) is 32.2 Å². The zero-order valence-corrected chi connectivity index (χ0v) is 21.5. The van der Waals surface area contributed by atoms with Crippen molar-refractivity contribution in [2.75, 3.05) is 25.5 Å². The first-order valence-electron chi connectivity index (χ1n) is 11.2. The number of nitrogens with one attached hydrogen (secondary N) is 1. The van der Waals surface area contributed by atoms with Crippen LogP contribution in [0.3, 0.4) is 0 Å². The fraction of sp³-hybridized carbons (Fsp3) is 0.500. The Morgan fingerprint density at radius 2 is 2.00 bits per heavy atom. The minimum atomic E-state index is -1.63. The smallest absolute Gasteiger partial charge is 0.266 e. The number of hydrogen-bond donors (Lipinski definition) is 1. The quantitative estimate of drug-likeness (QED) is 0.396. The standard InChI is InChI=1S/C22H28ClN7O4S/c1-13(17-8-6-10-34-17)30-21(16-7-5-9-18(26-16)32-3)27-28-22(30)29-35(31)14(2)19(33-4)20-24-11-15(23)12-25-20/h5,7,9,11-14,17,19H,6,8,10H2,1-4H3,(H,28,29)/t13-,14?,17?,19?,35?/m1/s1. The molecule has 0 spiro atoms. The van der Waals surface area contributed by atoms with Gasteiger partial charge in [-0.3, -0.25) is 4.57 Å². The van der Waals surface area contributed by atoms with E-state index in [4.69, 9.17) is 25.8 Å². The molecule has 1 saturated heterocycles. The number of halogens is 1. The Labute approximate surface area is 211 Å². The zero-order chi connectivity index (χ0) is 24.9. The number of methoxy groups -OCH3 is 2. The molecule has 4 heterocycles. The number of rotatable bonds is 10. The summed E-state index contributed by atoms with van der Waals surface area (Å²) < 4.78 is 35.1. The van der Waals surface area contributed by atoms with Crippen LogP contribution in [0.1, 0.15) is 44.7 Å². The molecule has 3 aromatic heterocycles. The Morgan fingerprint density at radius 3 is 2.66 bits per heavy atom. The first kappa shape index (κ1) is 25.6. The number of pyridine rings is 1. The van der Waals surface area contributed by atoms with Crippen molar-refractivity contribution in [1.82, 2.24) is 29.7 Å². The van der Waals surface area contributed by atoms with Gasteiger partial charge in [0.2, 0.25) is 5.88 Å². The molecule has 0 amide bonds. The van der Waals surface area contributed by atoms with Crippen molar-refractivity contribution in [1.29, 1.82) is 0 Å². The Kier molecular flexibility index (Phi) is 8.39. The summed E-state index contributed by atoms with van der Waals surface area (Å²) in [5, 5.41) is 8.57. The van der Waals surface area contributed by atoms with Crippen LogP contribution in [0, 0.1) is 0 Å². The minimum Gasteiger partial charge on any atom is -0.593 e. The maximum absolute atomic E-state index is 13.4. The summed E-state index contributed by atoms with van der Waals surface area (Å²) in [7, 11) is 3.07. The molecule has 35 heavy (non-hydrogen) atoms. The van der Waals surface area contributed by atoms with E-state index in [2.05, 4.69) is 29.9 Å². The van der Waals surface area contributed by atoms with Crippen LogP contribution in [0.4, 0.5) is 5.95 Å². The van der Waals surface area contributed by atoms with Crippen LogP contribution in [0.15, 0.2) is 30.6 Å². The third kappa shape index (κ3) is 5.67. The van der Waals surface area contributed by atoms with Crippen molar-refractivity contribution in [2.24, 2.45) is 0 Å². The Morgan fingerprint density at radius 1 is 1.23 bits per heavy atom. The Hall–Kier alpha value is -2.51. The molecule has 1 aliphatic rings. The highest BCUT2D eigenvalue weighted by Gasteiger charge is 2.35. The van der Waals surface area contributed by atoms with Gasteiger partial charge in [-0.25, -0.2) is 15.0 Å². The van der Waals surface area contributed by atoms with E-state index >= 15 is 0 Å². The van der Waals surface area contributed by atoms with Crippen LogP contribution in [-0.2, 0) is 20.8 Å². The zero-order valence-electron chi connectivity index (χ0n) is 19.9. The van der Waals surface area contributed by atoms with Crippen LogP contribution in [0.25, 0.3) is 11.5 Å². The molecule has 0 bridgehead atoms. The van der Waals surface area contributed by atoms with Gasteiger partial charge >= 0.3 is 0 Å². The lowest BCUT2D eigenvalue weighted by Crippen LogP contribution is -2.34. The van der Waals surface area contributed by atoms with E-state index in [1.165, 1.54) is 19.5 Å². The average molecular weight is 522 g/mol. The van der Waals surface area contributed by atoms with E-state index in [9.17, 15) is 4.55 Å². The monoisotopic (exact) mass is 521 g/mol. The van der Waals surface area contributed by atoms with Gasteiger partial charge < -0.3 is 18.8 Å². The Bertz CT molecular complexity index is 1110. The third-order valence-electron chi connectivity index (χ3n) is 5.87. The highest BCUT2D eigenvalue weighted by Crippen LogP contribution is 2.33. The molecule has 1 fully saturated rings. The maximum atomic E-state index is 13.4. The number of aromatic nitrogens is 6. The molecule has 0 saturated carbocycles. The Balaban J connectivity index is 1.64. The predicted octanol–water partition coefficient (Wildman–Crippen LogP) is 3.38. The summed E-state index contributed by atoms with van der Waals surface area (Å²) in [6.07, 6.45) is 4.18. The molecule has 0 aromatic carbocycles. The number of ether oxygens (including phenoxy) is 3. The van der Waals surface area contributed by atoms with E-state index in [0.717, 1.165) is 12.8 Å². The highest BCUT2D eigenvalue weighted by atomic mass is 35.5. The van der Waals surface area contributed by atoms with Crippen LogP contribution >= 0.6 is 11.6 Å². The second-order valence-corrected chi connectivity index (χ2v) is 10.1. The molecule has 0 aliphatic carbocycles. The first-order chi connectivity index (χ1) is 16.9. The fourth-order valence-electron chi connectivity index (χ4n) is 4.00. The molecular weight excluding hydrogens is 494 g/mol. The molecule has 3 aromatic rings. The number of anilines is 1. The van der Waals surface area contributed by atoms with Crippen molar-refractivity contribution >= 4 is 28.9 Å². The lowest BCUT2D eigenvalue weighted by atomic mass is 10.1. The molecule has 13 heteroatoms. The summed E-state index contributed by atoms with van der Waals surface area (Å²) in [5.41, 5.74) is 0.581. The lowest BCUT2D eigenvalue weighted by Gasteiger charge is -2.26. The highest BCUT2D eigenvalue weighted by molar-refractivity contribution is 7.93. The second-order valence-electron chi connectivity index (χ2n) is 8.09. The van der Waals surface area contributed by atoms with E-state index < -0.39 is 22.7 Å². The average Bonchev–Trinajstić information content (AvgIpc) is 3.56. The number of nitrogens with zero attached hydrogens (tertiary/aromatic N) is 6. The van der Waals surface area contributed by atoms with Gasteiger partial charge in [0.05, 0.1) is 35.6 Å². The van der Waals surface area contributed by atoms with Crippen molar-refractivity contribution in [3.8, 4) is 17.4 Å². The van der Waals surface area contributed by atoms with Gasteiger partial charge in [0.15, 0.2) is 23.0 Å². The largest absolute Gasteiger partial charge is 0.593 e. The van der Waals surface area contributed by atoms with Gasteiger partial charge in [0.25, 0.3) is 5.95 Å². The summed E-state index contributed by atoms with van der Waals surface area (Å²) >= 11 is 4.28. The fourth-order valence-corrected chi connectivity index (χ4v) is 5.06. The van der Waals surface area contributed by atoms with Crippen molar-refractivity contribution < 1.29 is 18.8 Å². The normalized spacial score (nSPS) is 19.2. The SMILES string of the molecule is COc1cccc(-c2nnc(N[S+]([O-])C(C)C(OC)c3ncc(Cl)cn3)n2[C@H](C)C2CCCO2)n1. The second kappa shape index (κ2) is 11.5. The topological polar surface area (TPSA) is 132 Å². The lowest BCUT2D eigenvalue weighted by molar-refractivity contribution is 0.0743. The third-order valence-corrected chi connectivity index (χ3v) is 7.37. The van der Waals surface area contributed by atoms with Crippen molar-refractivity contribution in [3.05, 3.63) is 41.4 Å². The van der Waals surface area contributed by atoms with Crippen molar-refractivity contribution in [2.45, 2.75) is 50.2 Å². The van der Waals surface area contributed by atoms with Crippen LogP contribution in [-0.4, -0.2) is 66.4 Å². The van der Waals surface area contributed by atoms with Crippen LogP contribution in [0.5, 0.6) is 5.88 Å². The molecule has 0 radical (unpaired) electrons. The van der Waals surface area contributed by atoms with Gasteiger partial charge in [-0.1, -0.05) is 17.7 Å². The molecule has 5 atom stereocenters. The van der Waals surface area contributed by atoms with Gasteiger partial charge in [-0.05, 0) is 32.8 Å². The summed E-state index contributed by atoms with van der Waals surface area (Å²) in [6.45, 7) is 4.51. The molecule has 11 nitrogen and oxygen atoms in total. The molecular formula is C22H28ClN7O4S. The van der Waals surface area contributed by atoms with E-state index in [1.807, 2.05) is 23.6 Å².